The smallest absolute Gasteiger partial charge is 0.265 e. The van der Waals surface area contributed by atoms with Crippen molar-refractivity contribution < 1.29 is 17.9 Å². The van der Waals surface area contributed by atoms with Gasteiger partial charge in [0.2, 0.25) is 5.91 Å². The second-order valence-corrected chi connectivity index (χ2v) is 6.83. The summed E-state index contributed by atoms with van der Waals surface area (Å²) in [6.07, 6.45) is 0.0924. The van der Waals surface area contributed by atoms with Crippen LogP contribution in [0.4, 0.5) is 5.69 Å². The average Bonchev–Trinajstić information content (AvgIpc) is 2.48. The van der Waals surface area contributed by atoms with Gasteiger partial charge in [-0.2, -0.15) is 0 Å². The number of sulfonamides is 1. The molecule has 0 aliphatic rings. The van der Waals surface area contributed by atoms with Crippen molar-refractivity contribution in [2.24, 2.45) is 5.73 Å². The van der Waals surface area contributed by atoms with Crippen LogP contribution in [0.2, 0.25) is 5.02 Å². The van der Waals surface area contributed by atoms with Gasteiger partial charge in [0.1, 0.15) is 10.6 Å². The van der Waals surface area contributed by atoms with E-state index in [2.05, 4.69) is 4.72 Å². The van der Waals surface area contributed by atoms with E-state index in [1.54, 1.807) is 24.3 Å². The molecule has 0 spiro atoms. The summed E-state index contributed by atoms with van der Waals surface area (Å²) >= 11 is 5.86. The number of amides is 1. The summed E-state index contributed by atoms with van der Waals surface area (Å²) in [5.41, 5.74) is 6.15. The molecule has 3 N–H and O–H groups in total. The van der Waals surface area contributed by atoms with E-state index in [4.69, 9.17) is 22.1 Å². The quantitative estimate of drug-likeness (QED) is 0.830. The standard InChI is InChI=1S/C15H15ClN2O4S/c1-22-13-7-4-11(16)9-14(13)23(20,21)18-12-5-2-10(3-6-12)8-15(17)19/h2-7,9,18H,8H2,1H3,(H2,17,19). The van der Waals surface area contributed by atoms with Gasteiger partial charge in [-0.1, -0.05) is 23.7 Å². The van der Waals surface area contributed by atoms with Crippen molar-refractivity contribution in [3.05, 3.63) is 53.1 Å². The maximum atomic E-state index is 12.5. The first-order chi connectivity index (χ1) is 10.8. The number of halogens is 1. The summed E-state index contributed by atoms with van der Waals surface area (Å²) in [6.45, 7) is 0. The Balaban J connectivity index is 2.28. The van der Waals surface area contributed by atoms with Gasteiger partial charge >= 0.3 is 0 Å². The number of carbonyl (C=O) groups excluding carboxylic acids is 1. The number of nitrogens with one attached hydrogen (secondary N) is 1. The van der Waals surface area contributed by atoms with Crippen molar-refractivity contribution in [1.29, 1.82) is 0 Å². The predicted octanol–water partition coefficient (Wildman–Crippen LogP) is 2.18. The van der Waals surface area contributed by atoms with Gasteiger partial charge in [0.25, 0.3) is 10.0 Å². The minimum Gasteiger partial charge on any atom is -0.495 e. The van der Waals surface area contributed by atoms with E-state index in [0.717, 1.165) is 0 Å². The molecule has 1 amide bonds. The maximum Gasteiger partial charge on any atom is 0.265 e. The third kappa shape index (κ3) is 4.37. The fourth-order valence-corrected chi connectivity index (χ4v) is 3.45. The van der Waals surface area contributed by atoms with Gasteiger partial charge in [0.15, 0.2) is 0 Å². The van der Waals surface area contributed by atoms with Gasteiger partial charge < -0.3 is 10.5 Å². The highest BCUT2D eigenvalue weighted by Gasteiger charge is 2.20. The zero-order valence-corrected chi connectivity index (χ0v) is 13.8. The van der Waals surface area contributed by atoms with E-state index in [-0.39, 0.29) is 22.1 Å². The molecule has 122 valence electrons. The molecule has 8 heteroatoms. The number of ether oxygens (including phenoxy) is 1. The van der Waals surface area contributed by atoms with Crippen LogP contribution in [-0.2, 0) is 21.2 Å². The van der Waals surface area contributed by atoms with Crippen molar-refractivity contribution in [2.75, 3.05) is 11.8 Å². The first kappa shape index (κ1) is 17.1. The monoisotopic (exact) mass is 354 g/mol. The second-order valence-electron chi connectivity index (χ2n) is 4.74. The average molecular weight is 355 g/mol. The van der Waals surface area contributed by atoms with Crippen LogP contribution in [0.25, 0.3) is 0 Å². The summed E-state index contributed by atoms with van der Waals surface area (Å²) in [5.74, 6) is -0.269. The number of anilines is 1. The van der Waals surface area contributed by atoms with Gasteiger partial charge in [-0.25, -0.2) is 8.42 Å². The van der Waals surface area contributed by atoms with Crippen LogP contribution in [0, 0.1) is 0 Å². The number of rotatable bonds is 6. The van der Waals surface area contributed by atoms with Crippen LogP contribution < -0.4 is 15.2 Å². The number of primary amides is 1. The van der Waals surface area contributed by atoms with Crippen LogP contribution in [-0.4, -0.2) is 21.4 Å². The zero-order valence-electron chi connectivity index (χ0n) is 12.2. The number of hydrogen-bond donors (Lipinski definition) is 2. The molecule has 0 aromatic heterocycles. The molecule has 0 aliphatic heterocycles. The number of nitrogens with two attached hydrogens (primary N) is 1. The molecule has 0 heterocycles. The maximum absolute atomic E-state index is 12.5. The Hall–Kier alpha value is -2.25. The molecular weight excluding hydrogens is 340 g/mol. The van der Waals surface area contributed by atoms with E-state index in [9.17, 15) is 13.2 Å². The van der Waals surface area contributed by atoms with Gasteiger partial charge in [-0.15, -0.1) is 0 Å². The Labute approximate surface area is 139 Å². The number of methoxy groups -OCH3 is 1. The first-order valence-corrected chi connectivity index (χ1v) is 8.41. The fraction of sp³-hybridized carbons (Fsp3) is 0.133. The lowest BCUT2D eigenvalue weighted by Gasteiger charge is -2.12. The summed E-state index contributed by atoms with van der Waals surface area (Å²) in [7, 11) is -2.49. The Morgan fingerprint density at radius 3 is 2.43 bits per heavy atom. The highest BCUT2D eigenvalue weighted by Crippen LogP contribution is 2.28. The predicted molar refractivity (Wildman–Crippen MR) is 88.2 cm³/mol. The van der Waals surface area contributed by atoms with Crippen molar-refractivity contribution in [3.63, 3.8) is 0 Å². The summed E-state index contributed by atoms with van der Waals surface area (Å²) < 4.78 is 32.4. The van der Waals surface area contributed by atoms with E-state index < -0.39 is 15.9 Å². The van der Waals surface area contributed by atoms with Gasteiger partial charge in [-0.3, -0.25) is 9.52 Å². The third-order valence-corrected chi connectivity index (χ3v) is 4.64. The van der Waals surface area contributed by atoms with Crippen LogP contribution in [0.3, 0.4) is 0 Å². The topological polar surface area (TPSA) is 98.5 Å². The molecule has 0 aliphatic carbocycles. The molecule has 0 radical (unpaired) electrons. The van der Waals surface area contributed by atoms with Crippen molar-refractivity contribution in [2.45, 2.75) is 11.3 Å². The number of carbonyl (C=O) groups is 1. The molecule has 6 nitrogen and oxygen atoms in total. The number of hydrogen-bond acceptors (Lipinski definition) is 4. The highest BCUT2D eigenvalue weighted by molar-refractivity contribution is 7.92. The van der Waals surface area contributed by atoms with Crippen molar-refractivity contribution in [3.8, 4) is 5.75 Å². The fourth-order valence-electron chi connectivity index (χ4n) is 1.96. The molecule has 0 saturated carbocycles. The van der Waals surface area contributed by atoms with E-state index >= 15 is 0 Å². The van der Waals surface area contributed by atoms with E-state index in [0.29, 0.717) is 11.3 Å². The molecule has 2 rings (SSSR count). The molecule has 2 aromatic rings. The molecule has 0 atom stereocenters. The Morgan fingerprint density at radius 1 is 1.22 bits per heavy atom. The molecule has 0 bridgehead atoms. The first-order valence-electron chi connectivity index (χ1n) is 6.55. The van der Waals surface area contributed by atoms with Crippen LogP contribution in [0.1, 0.15) is 5.56 Å². The molecule has 0 saturated heterocycles. The number of benzene rings is 2. The second kappa shape index (κ2) is 6.89. The van der Waals surface area contributed by atoms with Crippen molar-refractivity contribution in [1.82, 2.24) is 0 Å². The third-order valence-electron chi connectivity index (χ3n) is 3.00. The highest BCUT2D eigenvalue weighted by atomic mass is 35.5. The molecular formula is C15H15ClN2O4S. The summed E-state index contributed by atoms with van der Waals surface area (Å²) in [4.78, 5) is 10.8. The summed E-state index contributed by atoms with van der Waals surface area (Å²) in [5, 5.41) is 0.281. The molecule has 0 fully saturated rings. The molecule has 2 aromatic carbocycles. The van der Waals surface area contributed by atoms with Crippen LogP contribution in [0.5, 0.6) is 5.75 Å². The molecule has 0 unspecified atom stereocenters. The van der Waals surface area contributed by atoms with Crippen molar-refractivity contribution >= 4 is 33.2 Å². The largest absolute Gasteiger partial charge is 0.495 e. The minimum absolute atomic E-state index is 0.0614. The summed E-state index contributed by atoms with van der Waals surface area (Å²) in [6, 6.07) is 10.7. The van der Waals surface area contributed by atoms with Gasteiger partial charge in [-0.05, 0) is 35.9 Å². The Kier molecular flexibility index (Phi) is 5.12. The Morgan fingerprint density at radius 2 is 1.87 bits per heavy atom. The lowest BCUT2D eigenvalue weighted by molar-refractivity contribution is -0.117. The zero-order chi connectivity index (χ0) is 17.0. The Bertz CT molecular complexity index is 820. The van der Waals surface area contributed by atoms with Crippen LogP contribution in [0.15, 0.2) is 47.4 Å². The van der Waals surface area contributed by atoms with Crippen LogP contribution >= 0.6 is 11.6 Å². The van der Waals surface area contributed by atoms with Gasteiger partial charge in [0.05, 0.1) is 13.5 Å². The lowest BCUT2D eigenvalue weighted by atomic mass is 10.1. The molecule has 23 heavy (non-hydrogen) atoms. The van der Waals surface area contributed by atoms with E-state index in [1.165, 1.54) is 25.3 Å². The normalized spacial score (nSPS) is 11.0. The van der Waals surface area contributed by atoms with E-state index in [1.807, 2.05) is 0 Å². The van der Waals surface area contributed by atoms with Gasteiger partial charge in [0, 0.05) is 10.7 Å². The lowest BCUT2D eigenvalue weighted by Crippen LogP contribution is -2.15. The SMILES string of the molecule is COc1ccc(Cl)cc1S(=O)(=O)Nc1ccc(CC(N)=O)cc1. The minimum atomic E-state index is -3.87.